The van der Waals surface area contributed by atoms with Crippen molar-refractivity contribution in [3.05, 3.63) is 114 Å². The maximum atomic E-state index is 4.18. The van der Waals surface area contributed by atoms with Crippen molar-refractivity contribution in [3.63, 3.8) is 0 Å². The number of nitrogens with zero attached hydrogens (tertiary/aromatic N) is 1. The molecular formula is C34H31N. The fourth-order valence-corrected chi connectivity index (χ4v) is 5.40. The minimum Gasteiger partial charge on any atom is -0.309 e. The van der Waals surface area contributed by atoms with E-state index in [1.54, 1.807) is 0 Å². The summed E-state index contributed by atoms with van der Waals surface area (Å²) in [5.41, 5.74) is 6.00. The van der Waals surface area contributed by atoms with Crippen LogP contribution in [0.1, 0.15) is 37.6 Å². The summed E-state index contributed by atoms with van der Waals surface area (Å²) in [6.45, 7) is 12.4. The van der Waals surface area contributed by atoms with Crippen LogP contribution in [-0.4, -0.2) is 4.57 Å². The first-order valence-corrected chi connectivity index (χ1v) is 12.5. The predicted molar refractivity (Wildman–Crippen MR) is 157 cm³/mol. The number of hydrogen-bond donors (Lipinski definition) is 0. The third-order valence-electron chi connectivity index (χ3n) is 6.78. The van der Waals surface area contributed by atoms with Gasteiger partial charge in [0.05, 0.1) is 11.2 Å². The zero-order chi connectivity index (χ0) is 24.5. The van der Waals surface area contributed by atoms with Gasteiger partial charge in [-0.25, -0.2) is 0 Å². The Morgan fingerprint density at radius 3 is 1.77 bits per heavy atom. The third-order valence-corrected chi connectivity index (χ3v) is 6.78. The van der Waals surface area contributed by atoms with Gasteiger partial charge in [-0.2, -0.15) is 0 Å². The monoisotopic (exact) mass is 453 g/mol. The highest BCUT2D eigenvalue weighted by Gasteiger charge is 2.17. The van der Waals surface area contributed by atoms with Crippen LogP contribution in [0.4, 0.5) is 0 Å². The number of rotatable bonds is 3. The van der Waals surface area contributed by atoms with Crippen molar-refractivity contribution < 1.29 is 0 Å². The van der Waals surface area contributed by atoms with E-state index in [1.165, 1.54) is 54.3 Å². The largest absolute Gasteiger partial charge is 0.309 e. The number of fused-ring (bicyclic) bond motifs is 7. The fourth-order valence-electron chi connectivity index (χ4n) is 5.40. The number of para-hydroxylation sites is 1. The summed E-state index contributed by atoms with van der Waals surface area (Å²) in [6, 6.07) is 30.9. The van der Waals surface area contributed by atoms with E-state index in [0.29, 0.717) is 0 Å². The van der Waals surface area contributed by atoms with Gasteiger partial charge in [-0.05, 0) is 69.9 Å². The highest BCUT2D eigenvalue weighted by atomic mass is 15.0. The van der Waals surface area contributed by atoms with E-state index in [2.05, 4.69) is 122 Å². The van der Waals surface area contributed by atoms with Gasteiger partial charge in [0.2, 0.25) is 0 Å². The topological polar surface area (TPSA) is 4.93 Å². The van der Waals surface area contributed by atoms with Crippen LogP contribution in [-0.2, 0) is 0 Å². The van der Waals surface area contributed by atoms with E-state index in [0.717, 1.165) is 11.4 Å². The van der Waals surface area contributed by atoms with E-state index < -0.39 is 0 Å². The van der Waals surface area contributed by atoms with Crippen molar-refractivity contribution in [2.24, 2.45) is 0 Å². The molecule has 5 aromatic carbocycles. The van der Waals surface area contributed by atoms with Crippen LogP contribution < -0.4 is 0 Å². The third kappa shape index (κ3) is 3.47. The van der Waals surface area contributed by atoms with Crippen LogP contribution in [0.15, 0.2) is 97.6 Å². The highest BCUT2D eigenvalue weighted by Crippen LogP contribution is 2.38. The maximum Gasteiger partial charge on any atom is 0.0570 e. The molecule has 6 rings (SSSR count). The Balaban J connectivity index is 0.00000124. The summed E-state index contributed by atoms with van der Waals surface area (Å²) in [4.78, 5) is 0. The van der Waals surface area contributed by atoms with Gasteiger partial charge >= 0.3 is 0 Å². The molecule has 0 atom stereocenters. The Bertz CT molecular complexity index is 1710. The first-order valence-electron chi connectivity index (χ1n) is 12.5. The van der Waals surface area contributed by atoms with Gasteiger partial charge in [0.25, 0.3) is 0 Å². The van der Waals surface area contributed by atoms with Gasteiger partial charge in [-0.3, -0.25) is 0 Å². The number of allylic oxidation sites excluding steroid dienone is 1. The van der Waals surface area contributed by atoms with Crippen molar-refractivity contribution in [1.29, 1.82) is 0 Å². The molecular weight excluding hydrogens is 422 g/mol. The van der Waals surface area contributed by atoms with Gasteiger partial charge in [0.1, 0.15) is 0 Å². The highest BCUT2D eigenvalue weighted by molar-refractivity contribution is 6.25. The summed E-state index contributed by atoms with van der Waals surface area (Å²) < 4.78 is 2.37. The molecule has 1 heteroatoms. The molecule has 6 aromatic rings. The van der Waals surface area contributed by atoms with E-state index in [4.69, 9.17) is 0 Å². The van der Waals surface area contributed by atoms with Gasteiger partial charge in [0, 0.05) is 16.6 Å². The fraction of sp³-hybridized carbons (Fsp3) is 0.118. The molecule has 0 N–H and O–H groups in total. The molecule has 0 saturated carbocycles. The molecule has 1 nitrogen and oxygen atoms in total. The molecule has 0 bridgehead atoms. The van der Waals surface area contributed by atoms with E-state index in [-0.39, 0.29) is 0 Å². The second-order valence-corrected chi connectivity index (χ2v) is 8.63. The second kappa shape index (κ2) is 9.27. The Morgan fingerprint density at radius 2 is 1.20 bits per heavy atom. The standard InChI is InChI=1S/C32H25N.C2H6/c1-4-11-28-29-17-10-12-21(3)32(29)33(31(28)5-2)22-18-19-27-25-15-7-6-13-23(25)24-14-8-9-16-26(24)30(27)20-22;1-2/h4-20H,2H2,1,3H3;1-2H3/b11-4-;. The van der Waals surface area contributed by atoms with Crippen molar-refractivity contribution in [2.75, 3.05) is 0 Å². The Morgan fingerprint density at radius 1 is 0.657 bits per heavy atom. The lowest BCUT2D eigenvalue weighted by Gasteiger charge is -2.15. The van der Waals surface area contributed by atoms with Crippen LogP contribution in [0.5, 0.6) is 0 Å². The molecule has 0 aliphatic carbocycles. The average molecular weight is 454 g/mol. The Labute approximate surface area is 207 Å². The average Bonchev–Trinajstić information content (AvgIpc) is 3.24. The van der Waals surface area contributed by atoms with Gasteiger partial charge < -0.3 is 4.57 Å². The summed E-state index contributed by atoms with van der Waals surface area (Å²) in [5.74, 6) is 0. The van der Waals surface area contributed by atoms with E-state index in [1.807, 2.05) is 19.9 Å². The SMILES string of the molecule is C=Cc1c(/C=C\C)c2cccc(C)c2n1-c1ccc2c3ccccc3c3ccccc3c2c1.CC. The van der Waals surface area contributed by atoms with Crippen molar-refractivity contribution >= 4 is 55.4 Å². The molecule has 0 aliphatic heterocycles. The molecule has 172 valence electrons. The maximum absolute atomic E-state index is 4.18. The molecule has 0 radical (unpaired) electrons. The van der Waals surface area contributed by atoms with Crippen molar-refractivity contribution in [1.82, 2.24) is 4.57 Å². The van der Waals surface area contributed by atoms with Crippen molar-refractivity contribution in [2.45, 2.75) is 27.7 Å². The van der Waals surface area contributed by atoms with E-state index >= 15 is 0 Å². The normalized spacial score (nSPS) is 11.4. The Hall–Kier alpha value is -4.10. The smallest absolute Gasteiger partial charge is 0.0570 e. The first kappa shape index (κ1) is 22.7. The zero-order valence-corrected chi connectivity index (χ0v) is 21.0. The van der Waals surface area contributed by atoms with Crippen LogP contribution in [0.3, 0.4) is 0 Å². The number of aromatic nitrogens is 1. The van der Waals surface area contributed by atoms with Gasteiger partial charge in [-0.15, -0.1) is 0 Å². The quantitative estimate of drug-likeness (QED) is 0.235. The van der Waals surface area contributed by atoms with Gasteiger partial charge in [0.15, 0.2) is 0 Å². The lowest BCUT2D eigenvalue weighted by molar-refractivity contribution is 1.10. The zero-order valence-electron chi connectivity index (χ0n) is 21.0. The molecule has 0 fully saturated rings. The molecule has 35 heavy (non-hydrogen) atoms. The predicted octanol–water partition coefficient (Wildman–Crippen LogP) is 10.1. The molecule has 0 amide bonds. The minimum absolute atomic E-state index is 1.13. The number of benzene rings is 5. The van der Waals surface area contributed by atoms with Crippen molar-refractivity contribution in [3.8, 4) is 5.69 Å². The van der Waals surface area contributed by atoms with E-state index in [9.17, 15) is 0 Å². The molecule has 0 saturated heterocycles. The summed E-state index contributed by atoms with van der Waals surface area (Å²) in [6.07, 6.45) is 6.28. The molecule has 0 aliphatic rings. The minimum atomic E-state index is 1.13. The number of hydrogen-bond acceptors (Lipinski definition) is 0. The summed E-state index contributed by atoms with van der Waals surface area (Å²) >= 11 is 0. The number of aryl methyl sites for hydroxylation is 1. The second-order valence-electron chi connectivity index (χ2n) is 8.63. The van der Waals surface area contributed by atoms with Crippen LogP contribution in [0.2, 0.25) is 0 Å². The molecule has 0 spiro atoms. The lowest BCUT2D eigenvalue weighted by Crippen LogP contribution is -1.98. The lowest BCUT2D eigenvalue weighted by atomic mass is 9.94. The Kier molecular flexibility index (Phi) is 6.01. The molecule has 1 heterocycles. The van der Waals surface area contributed by atoms with Crippen LogP contribution >= 0.6 is 0 Å². The molecule has 1 aromatic heterocycles. The first-order chi connectivity index (χ1) is 17.2. The van der Waals surface area contributed by atoms with Crippen LogP contribution in [0.25, 0.3) is 61.1 Å². The van der Waals surface area contributed by atoms with Crippen LogP contribution in [0, 0.1) is 6.92 Å². The summed E-state index contributed by atoms with van der Waals surface area (Å²) in [5, 5.41) is 9.00. The molecule has 0 unspecified atom stereocenters. The van der Waals surface area contributed by atoms with Gasteiger partial charge in [-0.1, -0.05) is 105 Å². The summed E-state index contributed by atoms with van der Waals surface area (Å²) in [7, 11) is 0.